The lowest BCUT2D eigenvalue weighted by Crippen LogP contribution is -2.31. The quantitative estimate of drug-likeness (QED) is 0.319. The van der Waals surface area contributed by atoms with E-state index < -0.39 is 6.04 Å². The van der Waals surface area contributed by atoms with Crippen molar-refractivity contribution in [2.45, 2.75) is 19.4 Å². The Hall–Kier alpha value is -3.58. The van der Waals surface area contributed by atoms with Crippen LogP contribution in [-0.4, -0.2) is 31.6 Å². The van der Waals surface area contributed by atoms with Crippen molar-refractivity contribution < 1.29 is 18.7 Å². The molecule has 1 aliphatic heterocycles. The first-order valence-electron chi connectivity index (χ1n) is 11.3. The van der Waals surface area contributed by atoms with Crippen molar-refractivity contribution in [3.8, 4) is 11.5 Å². The Morgan fingerprint density at radius 3 is 2.40 bits per heavy atom. The zero-order valence-corrected chi connectivity index (χ0v) is 21.2. The van der Waals surface area contributed by atoms with Gasteiger partial charge in [0.15, 0.2) is 16.9 Å². The molecule has 1 aromatic heterocycles. The fraction of sp³-hybridized carbons (Fsp3) is 0.214. The summed E-state index contributed by atoms with van der Waals surface area (Å²) in [5.74, 6) is 1.10. The van der Waals surface area contributed by atoms with E-state index in [-0.39, 0.29) is 17.1 Å². The first kappa shape index (κ1) is 23.2. The van der Waals surface area contributed by atoms with E-state index >= 15 is 0 Å². The minimum atomic E-state index is -0.530. The van der Waals surface area contributed by atoms with Gasteiger partial charge in [-0.05, 0) is 54.8 Å². The third-order valence-corrected chi connectivity index (χ3v) is 6.90. The van der Waals surface area contributed by atoms with Crippen LogP contribution in [0.4, 0.5) is 0 Å². The predicted octanol–water partition coefficient (Wildman–Crippen LogP) is 5.67. The zero-order chi connectivity index (χ0) is 24.7. The van der Waals surface area contributed by atoms with Gasteiger partial charge < -0.3 is 18.8 Å². The fourth-order valence-corrected chi connectivity index (χ4v) is 4.97. The number of nitrogens with zero attached hydrogens (tertiary/aromatic N) is 1. The predicted molar refractivity (Wildman–Crippen MR) is 137 cm³/mol. The molecule has 0 spiro atoms. The van der Waals surface area contributed by atoms with Gasteiger partial charge in [-0.3, -0.25) is 9.59 Å². The number of fused-ring (bicyclic) bond motifs is 2. The van der Waals surface area contributed by atoms with Gasteiger partial charge in [-0.2, -0.15) is 0 Å². The lowest BCUT2D eigenvalue weighted by atomic mass is 9.97. The second-order valence-electron chi connectivity index (χ2n) is 8.57. The van der Waals surface area contributed by atoms with Crippen molar-refractivity contribution in [2.75, 3.05) is 20.8 Å². The molecule has 0 radical (unpaired) electrons. The summed E-state index contributed by atoms with van der Waals surface area (Å²) in [5, 5.41) is 0.449. The fourth-order valence-electron chi connectivity index (χ4n) is 4.60. The van der Waals surface area contributed by atoms with E-state index in [0.717, 1.165) is 21.2 Å². The van der Waals surface area contributed by atoms with Crippen molar-refractivity contribution in [2.24, 2.45) is 0 Å². The summed E-state index contributed by atoms with van der Waals surface area (Å²) >= 11 is 3.43. The number of aryl methyl sites for hydroxylation is 1. The Labute approximate surface area is 211 Å². The normalized spacial score (nSPS) is 14.9. The average Bonchev–Trinajstić information content (AvgIpc) is 3.15. The Kier molecular flexibility index (Phi) is 6.11. The topological polar surface area (TPSA) is 69.0 Å². The monoisotopic (exact) mass is 533 g/mol. The molecule has 0 N–H and O–H groups in total. The number of carbonyl (C=O) groups excluding carboxylic acids is 1. The second-order valence-corrected chi connectivity index (χ2v) is 9.48. The van der Waals surface area contributed by atoms with Crippen LogP contribution < -0.4 is 14.9 Å². The van der Waals surface area contributed by atoms with Gasteiger partial charge in [-0.1, -0.05) is 51.8 Å². The van der Waals surface area contributed by atoms with Crippen LogP contribution in [0.2, 0.25) is 0 Å². The summed E-state index contributed by atoms with van der Waals surface area (Å²) in [6.07, 6.45) is 0.571. The molecule has 7 heteroatoms. The maximum absolute atomic E-state index is 13.7. The van der Waals surface area contributed by atoms with E-state index in [2.05, 4.69) is 15.9 Å². The van der Waals surface area contributed by atoms with E-state index in [1.165, 1.54) is 0 Å². The third kappa shape index (κ3) is 4.10. The van der Waals surface area contributed by atoms with Crippen LogP contribution in [0, 0.1) is 6.92 Å². The van der Waals surface area contributed by atoms with Gasteiger partial charge in [0, 0.05) is 11.0 Å². The van der Waals surface area contributed by atoms with Gasteiger partial charge in [0.1, 0.15) is 5.58 Å². The van der Waals surface area contributed by atoms with Crippen molar-refractivity contribution in [3.63, 3.8) is 0 Å². The SMILES string of the molecule is COc1ccc(CCN2C(=O)c3oc4ccc(Br)cc4c(=O)c3C2c2ccc(C)cc2)cc1OC. The number of halogens is 1. The molecule has 1 atom stereocenters. The molecule has 0 bridgehead atoms. The van der Waals surface area contributed by atoms with Crippen molar-refractivity contribution >= 4 is 32.8 Å². The summed E-state index contributed by atoms with van der Waals surface area (Å²) < 4.78 is 17.6. The molecule has 6 nitrogen and oxygen atoms in total. The van der Waals surface area contributed by atoms with Crippen LogP contribution in [-0.2, 0) is 6.42 Å². The molecule has 1 amide bonds. The average molecular weight is 534 g/mol. The van der Waals surface area contributed by atoms with E-state index in [0.29, 0.717) is 41.0 Å². The lowest BCUT2D eigenvalue weighted by Gasteiger charge is -2.25. The van der Waals surface area contributed by atoms with Crippen LogP contribution in [0.15, 0.2) is 74.3 Å². The third-order valence-electron chi connectivity index (χ3n) is 6.41. The summed E-state index contributed by atoms with van der Waals surface area (Å²) in [5.41, 5.74) is 3.56. The molecular formula is C28H24BrNO5. The van der Waals surface area contributed by atoms with Crippen LogP contribution in [0.5, 0.6) is 11.5 Å². The number of hydrogen-bond acceptors (Lipinski definition) is 5. The van der Waals surface area contributed by atoms with Crippen molar-refractivity contribution in [1.29, 1.82) is 0 Å². The number of hydrogen-bond donors (Lipinski definition) is 0. The highest BCUT2D eigenvalue weighted by molar-refractivity contribution is 9.10. The highest BCUT2D eigenvalue weighted by Crippen LogP contribution is 2.39. The molecule has 0 saturated heterocycles. The molecular weight excluding hydrogens is 510 g/mol. The highest BCUT2D eigenvalue weighted by atomic mass is 79.9. The summed E-state index contributed by atoms with van der Waals surface area (Å²) in [7, 11) is 3.19. The highest BCUT2D eigenvalue weighted by Gasteiger charge is 2.42. The van der Waals surface area contributed by atoms with E-state index in [4.69, 9.17) is 13.9 Å². The second kappa shape index (κ2) is 9.23. The maximum atomic E-state index is 13.7. The number of benzene rings is 3. The first-order valence-corrected chi connectivity index (χ1v) is 12.0. The molecule has 0 saturated carbocycles. The molecule has 178 valence electrons. The number of carbonyl (C=O) groups is 1. The summed E-state index contributed by atoms with van der Waals surface area (Å²) in [6, 6.07) is 18.3. The number of ether oxygens (including phenoxy) is 2. The largest absolute Gasteiger partial charge is 0.493 e. The molecule has 35 heavy (non-hydrogen) atoms. The standard InChI is InChI=1S/C28H24BrNO5/c1-16-4-7-18(8-5-16)25-24-26(31)20-15-19(29)9-11-21(20)35-27(24)28(32)30(25)13-12-17-6-10-22(33-2)23(14-17)34-3/h4-11,14-15,25H,12-13H2,1-3H3. The minimum Gasteiger partial charge on any atom is -0.493 e. The summed E-state index contributed by atoms with van der Waals surface area (Å²) in [4.78, 5) is 29.0. The molecule has 5 rings (SSSR count). The van der Waals surface area contributed by atoms with Gasteiger partial charge in [0.25, 0.3) is 5.91 Å². The molecule has 4 aromatic rings. The smallest absolute Gasteiger partial charge is 0.290 e. The molecule has 3 aromatic carbocycles. The van der Waals surface area contributed by atoms with Crippen molar-refractivity contribution in [1.82, 2.24) is 4.90 Å². The number of rotatable bonds is 6. The number of amides is 1. The van der Waals surface area contributed by atoms with Crippen LogP contribution in [0.25, 0.3) is 11.0 Å². The number of methoxy groups -OCH3 is 2. The molecule has 1 unspecified atom stereocenters. The molecule has 0 aliphatic carbocycles. The Bertz CT molecular complexity index is 1490. The van der Waals surface area contributed by atoms with Crippen LogP contribution in [0.3, 0.4) is 0 Å². The minimum absolute atomic E-state index is 0.114. The molecule has 2 heterocycles. The first-order chi connectivity index (χ1) is 16.9. The van der Waals surface area contributed by atoms with E-state index in [1.807, 2.05) is 49.4 Å². The molecule has 1 aliphatic rings. The maximum Gasteiger partial charge on any atom is 0.290 e. The Morgan fingerprint density at radius 1 is 0.943 bits per heavy atom. The van der Waals surface area contributed by atoms with Crippen LogP contribution in [0.1, 0.15) is 38.9 Å². The van der Waals surface area contributed by atoms with Crippen molar-refractivity contribution in [3.05, 3.63) is 103 Å². The van der Waals surface area contributed by atoms with E-state index in [9.17, 15) is 9.59 Å². The summed E-state index contributed by atoms with van der Waals surface area (Å²) in [6.45, 7) is 2.41. The Morgan fingerprint density at radius 2 is 1.69 bits per heavy atom. The van der Waals surface area contributed by atoms with Gasteiger partial charge in [0.2, 0.25) is 5.76 Å². The zero-order valence-electron chi connectivity index (χ0n) is 19.6. The Balaban J connectivity index is 1.58. The van der Waals surface area contributed by atoms with E-state index in [1.54, 1.807) is 37.3 Å². The van der Waals surface area contributed by atoms with Gasteiger partial charge in [0.05, 0.1) is 31.2 Å². The van der Waals surface area contributed by atoms with Gasteiger partial charge in [-0.25, -0.2) is 0 Å². The van der Waals surface area contributed by atoms with Gasteiger partial charge >= 0.3 is 0 Å². The lowest BCUT2D eigenvalue weighted by molar-refractivity contribution is 0.0730. The van der Waals surface area contributed by atoms with Gasteiger partial charge in [-0.15, -0.1) is 0 Å². The molecule has 0 fully saturated rings. The van der Waals surface area contributed by atoms with Crippen LogP contribution >= 0.6 is 15.9 Å².